The predicted molar refractivity (Wildman–Crippen MR) is 199 cm³/mol. The van der Waals surface area contributed by atoms with Crippen LogP contribution in [0.4, 0.5) is 0 Å². The standard InChI is InChI=1S/C45H35N3O2.Pt/c1-26-11-8-15-34-32(26)18-19-38-42(34)50-44(47-38)30-22-29(28-12-6-5-7-13-28)23-31(24-30)49-40-25-39-37(21-27(40)2)45(3,4)36-17-9-14-33-35-16-10-20-46-43(35)48(39)41(33)36;/h5-17,20-23,38,42H,18-19H2,1-4H3;/q-2;+2/t38-,42+;/m1./s1. The fourth-order valence-electron chi connectivity index (χ4n) is 8.46. The Morgan fingerprint density at radius 2 is 1.65 bits per heavy atom. The second-order valence-corrected chi connectivity index (χ2v) is 14.4. The molecule has 4 heterocycles. The van der Waals surface area contributed by atoms with Gasteiger partial charge >= 0.3 is 21.1 Å². The minimum absolute atomic E-state index is 0. The molecule has 0 unspecified atom stereocenters. The molecule has 2 aliphatic heterocycles. The molecule has 2 atom stereocenters. The van der Waals surface area contributed by atoms with Crippen molar-refractivity contribution in [2.24, 2.45) is 4.99 Å². The molecule has 5 nitrogen and oxygen atoms in total. The number of rotatable bonds is 4. The molecule has 51 heavy (non-hydrogen) atoms. The van der Waals surface area contributed by atoms with Crippen molar-refractivity contribution in [1.29, 1.82) is 0 Å². The van der Waals surface area contributed by atoms with Crippen molar-refractivity contribution >= 4 is 27.8 Å². The average Bonchev–Trinajstić information content (AvgIpc) is 3.73. The number of hydrogen-bond acceptors (Lipinski definition) is 4. The number of hydrogen-bond donors (Lipinski definition) is 0. The molecule has 7 aromatic rings. The monoisotopic (exact) mass is 844 g/mol. The molecule has 6 heteroatoms. The van der Waals surface area contributed by atoms with Gasteiger partial charge in [0, 0.05) is 28.5 Å². The number of ether oxygens (including phenoxy) is 2. The van der Waals surface area contributed by atoms with E-state index in [4.69, 9.17) is 19.5 Å². The van der Waals surface area contributed by atoms with E-state index in [0.717, 1.165) is 51.8 Å². The molecule has 0 bridgehead atoms. The van der Waals surface area contributed by atoms with Crippen molar-refractivity contribution in [3.8, 4) is 28.3 Å². The molecule has 0 spiro atoms. The first-order chi connectivity index (χ1) is 24.3. The van der Waals surface area contributed by atoms with Crippen LogP contribution in [0.15, 0.2) is 108 Å². The Hall–Kier alpha value is -4.99. The van der Waals surface area contributed by atoms with E-state index in [2.05, 4.69) is 129 Å². The summed E-state index contributed by atoms with van der Waals surface area (Å²) in [5.41, 5.74) is 13.2. The number of aryl methyl sites for hydroxylation is 2. The third-order valence-electron chi connectivity index (χ3n) is 11.0. The molecule has 10 rings (SSSR count). The van der Waals surface area contributed by atoms with Gasteiger partial charge < -0.3 is 14.0 Å². The molecule has 0 saturated heterocycles. The fourth-order valence-corrected chi connectivity index (χ4v) is 8.46. The summed E-state index contributed by atoms with van der Waals surface area (Å²) >= 11 is 0. The van der Waals surface area contributed by atoms with Gasteiger partial charge in [-0.15, -0.1) is 23.3 Å². The minimum Gasteiger partial charge on any atom is -0.510 e. The van der Waals surface area contributed by atoms with Gasteiger partial charge in [0.05, 0.1) is 11.6 Å². The quantitative estimate of drug-likeness (QED) is 0.166. The number of aliphatic imine (C=N–C) groups is 1. The first-order valence-electron chi connectivity index (χ1n) is 17.5. The zero-order chi connectivity index (χ0) is 33.7. The topological polar surface area (TPSA) is 48.6 Å². The Morgan fingerprint density at radius 3 is 2.51 bits per heavy atom. The van der Waals surface area contributed by atoms with Crippen molar-refractivity contribution in [3.63, 3.8) is 0 Å². The van der Waals surface area contributed by atoms with Crippen LogP contribution in [0.2, 0.25) is 0 Å². The van der Waals surface area contributed by atoms with Gasteiger partial charge in [0.2, 0.25) is 0 Å². The number of fused-ring (bicyclic) bond motifs is 8. The summed E-state index contributed by atoms with van der Waals surface area (Å²) in [7, 11) is 0. The molecule has 0 N–H and O–H groups in total. The predicted octanol–water partition coefficient (Wildman–Crippen LogP) is 10.3. The second kappa shape index (κ2) is 11.8. The van der Waals surface area contributed by atoms with Crippen LogP contribution >= 0.6 is 0 Å². The first-order valence-corrected chi connectivity index (χ1v) is 17.5. The van der Waals surface area contributed by atoms with E-state index in [1.54, 1.807) is 0 Å². The SMILES string of the molecule is Cc1cc2c([c-]c1Oc1[c-]c(C3=N[C@@H]4CCc5c(C)cccc5[C@@H]4O3)cc(-c3ccccc3)c1)-n1c3ncccc3c3cccc(c31)C2(C)C.[Pt+2]. The van der Waals surface area contributed by atoms with E-state index in [1.165, 1.54) is 38.7 Å². The molecule has 0 radical (unpaired) electrons. The molecule has 0 amide bonds. The van der Waals surface area contributed by atoms with Crippen molar-refractivity contribution < 1.29 is 30.5 Å². The number of nitrogens with zero attached hydrogens (tertiary/aromatic N) is 3. The smallest absolute Gasteiger partial charge is 0.510 e. The molecule has 252 valence electrons. The van der Waals surface area contributed by atoms with Crippen molar-refractivity contribution in [2.45, 2.75) is 58.1 Å². The van der Waals surface area contributed by atoms with Gasteiger partial charge in [-0.25, -0.2) is 4.98 Å². The zero-order valence-corrected chi connectivity index (χ0v) is 31.1. The Morgan fingerprint density at radius 1 is 0.824 bits per heavy atom. The molecule has 5 aromatic carbocycles. The molecule has 0 fully saturated rings. The maximum absolute atomic E-state index is 6.81. The number of pyridine rings is 1. The second-order valence-electron chi connectivity index (χ2n) is 14.4. The Kier molecular flexibility index (Phi) is 7.38. The summed E-state index contributed by atoms with van der Waals surface area (Å²) < 4.78 is 15.8. The van der Waals surface area contributed by atoms with Gasteiger partial charge in [0.1, 0.15) is 17.6 Å². The summed E-state index contributed by atoms with van der Waals surface area (Å²) in [4.78, 5) is 10.0. The van der Waals surface area contributed by atoms with Gasteiger partial charge in [0.25, 0.3) is 0 Å². The van der Waals surface area contributed by atoms with E-state index >= 15 is 0 Å². The van der Waals surface area contributed by atoms with Crippen LogP contribution < -0.4 is 4.74 Å². The van der Waals surface area contributed by atoms with Gasteiger partial charge in [-0.2, -0.15) is 6.07 Å². The van der Waals surface area contributed by atoms with Crippen LogP contribution in [-0.4, -0.2) is 21.5 Å². The Labute approximate surface area is 312 Å². The third kappa shape index (κ3) is 4.85. The largest absolute Gasteiger partial charge is 2.00 e. The van der Waals surface area contributed by atoms with E-state index < -0.39 is 0 Å². The van der Waals surface area contributed by atoms with Crippen LogP contribution in [0.5, 0.6) is 11.5 Å². The number of para-hydroxylation sites is 1. The van der Waals surface area contributed by atoms with Crippen LogP contribution in [-0.2, 0) is 37.6 Å². The minimum atomic E-state index is -0.239. The van der Waals surface area contributed by atoms with Gasteiger partial charge in [-0.1, -0.05) is 116 Å². The van der Waals surface area contributed by atoms with Crippen molar-refractivity contribution in [3.05, 3.63) is 154 Å². The summed E-state index contributed by atoms with van der Waals surface area (Å²) in [5, 5.41) is 2.33. The first kappa shape index (κ1) is 32.0. The van der Waals surface area contributed by atoms with Crippen LogP contribution in [0.25, 0.3) is 38.8 Å². The van der Waals surface area contributed by atoms with E-state index in [9.17, 15) is 0 Å². The van der Waals surface area contributed by atoms with Crippen molar-refractivity contribution in [2.75, 3.05) is 0 Å². The van der Waals surface area contributed by atoms with Gasteiger partial charge in [-0.05, 0) is 65.1 Å². The van der Waals surface area contributed by atoms with Gasteiger partial charge in [-0.3, -0.25) is 4.99 Å². The fraction of sp³-hybridized carbons (Fsp3) is 0.200. The number of aromatic nitrogens is 2. The third-order valence-corrected chi connectivity index (χ3v) is 11.0. The molecule has 1 aliphatic carbocycles. The molecular formula is C45H35N3O2Pt. The number of benzene rings is 5. The van der Waals surface area contributed by atoms with Crippen molar-refractivity contribution in [1.82, 2.24) is 9.55 Å². The van der Waals surface area contributed by atoms with E-state index in [-0.39, 0.29) is 38.6 Å². The van der Waals surface area contributed by atoms with E-state index in [0.29, 0.717) is 17.4 Å². The zero-order valence-electron chi connectivity index (χ0n) is 28.9. The van der Waals surface area contributed by atoms with Crippen LogP contribution in [0.3, 0.4) is 0 Å². The molecule has 3 aliphatic rings. The summed E-state index contributed by atoms with van der Waals surface area (Å²) in [6, 6.07) is 41.5. The maximum atomic E-state index is 6.81. The van der Waals surface area contributed by atoms with E-state index in [1.807, 2.05) is 18.3 Å². The molecular weight excluding hydrogens is 810 g/mol. The summed E-state index contributed by atoms with van der Waals surface area (Å²) in [6.07, 6.45) is 3.76. The normalized spacial score (nSPS) is 17.9. The Balaban J connectivity index is 0.00000348. The van der Waals surface area contributed by atoms with Crippen LogP contribution in [0, 0.1) is 26.0 Å². The summed E-state index contributed by atoms with van der Waals surface area (Å²) in [6.45, 7) is 8.88. The molecule has 2 aromatic heterocycles. The average molecular weight is 845 g/mol. The molecule has 0 saturated carbocycles. The van der Waals surface area contributed by atoms with Gasteiger partial charge in [0.15, 0.2) is 0 Å². The van der Waals surface area contributed by atoms with Crippen LogP contribution in [0.1, 0.15) is 65.3 Å². The Bertz CT molecular complexity index is 2570. The maximum Gasteiger partial charge on any atom is 2.00 e. The summed E-state index contributed by atoms with van der Waals surface area (Å²) in [5.74, 6) is 1.87.